The Morgan fingerprint density at radius 2 is 2.38 bits per heavy atom. The summed E-state index contributed by atoms with van der Waals surface area (Å²) in [6, 6.07) is 0. The van der Waals surface area contributed by atoms with Gasteiger partial charge < -0.3 is 10.5 Å². The van der Waals surface area contributed by atoms with Gasteiger partial charge in [0.2, 0.25) is 0 Å². The van der Waals surface area contributed by atoms with Gasteiger partial charge in [-0.25, -0.2) is 4.39 Å². The van der Waals surface area contributed by atoms with Crippen LogP contribution < -0.4 is 5.73 Å². The molecule has 0 bridgehead atoms. The molecule has 0 fully saturated rings. The topological polar surface area (TPSA) is 35.2 Å². The van der Waals surface area contributed by atoms with Crippen molar-refractivity contribution in [3.63, 3.8) is 0 Å². The molecule has 0 saturated carbocycles. The summed E-state index contributed by atoms with van der Waals surface area (Å²) >= 11 is 0. The van der Waals surface area contributed by atoms with E-state index >= 15 is 0 Å². The lowest BCUT2D eigenvalue weighted by Gasteiger charge is -2.32. The van der Waals surface area contributed by atoms with E-state index in [2.05, 4.69) is 0 Å². The van der Waals surface area contributed by atoms with Crippen LogP contribution in [0.5, 0.6) is 0 Å². The summed E-state index contributed by atoms with van der Waals surface area (Å²) in [4.78, 5) is 0. The second-order valence-corrected chi connectivity index (χ2v) is 3.84. The van der Waals surface area contributed by atoms with Gasteiger partial charge in [0.15, 0.2) is 0 Å². The summed E-state index contributed by atoms with van der Waals surface area (Å²) < 4.78 is 19.4. The average Bonchev–Trinajstić information content (AvgIpc) is 2.17. The van der Waals surface area contributed by atoms with Crippen LogP contribution in [0.3, 0.4) is 0 Å². The quantitative estimate of drug-likeness (QED) is 0.733. The van der Waals surface area contributed by atoms with Crippen molar-refractivity contribution in [2.24, 2.45) is 11.7 Å². The number of halogens is 1. The Hall–Kier alpha value is -0.570. The summed E-state index contributed by atoms with van der Waals surface area (Å²) in [5, 5.41) is 0. The Morgan fingerprint density at radius 1 is 1.69 bits per heavy atom. The smallest absolute Gasteiger partial charge is 0.149 e. The Morgan fingerprint density at radius 3 is 2.77 bits per heavy atom. The maximum absolute atomic E-state index is 14.3. The predicted molar refractivity (Wildman–Crippen MR) is 51.0 cm³/mol. The summed E-state index contributed by atoms with van der Waals surface area (Å²) in [5.74, 6) is -0.0922. The second-order valence-electron chi connectivity index (χ2n) is 3.84. The molecule has 0 aromatic rings. The molecule has 1 heterocycles. The van der Waals surface area contributed by atoms with E-state index in [4.69, 9.17) is 10.5 Å². The SMILES string of the molecule is CC(C)C(F)(CN)C1=COCCC1. The molecular formula is C10H18FNO. The first-order valence-electron chi connectivity index (χ1n) is 4.81. The average molecular weight is 187 g/mol. The number of nitrogens with two attached hydrogens (primary N) is 1. The highest BCUT2D eigenvalue weighted by Gasteiger charge is 2.37. The molecule has 1 unspecified atom stereocenters. The molecule has 0 amide bonds. The molecule has 3 heteroatoms. The lowest BCUT2D eigenvalue weighted by Crippen LogP contribution is -2.41. The van der Waals surface area contributed by atoms with Gasteiger partial charge in [0.25, 0.3) is 0 Å². The minimum atomic E-state index is -1.37. The number of ether oxygens (including phenoxy) is 1. The van der Waals surface area contributed by atoms with Crippen LogP contribution in [0, 0.1) is 5.92 Å². The first kappa shape index (κ1) is 10.5. The van der Waals surface area contributed by atoms with Crippen molar-refractivity contribution in [3.05, 3.63) is 11.8 Å². The molecule has 0 aliphatic carbocycles. The van der Waals surface area contributed by atoms with Crippen LogP contribution in [0.15, 0.2) is 11.8 Å². The van der Waals surface area contributed by atoms with Crippen molar-refractivity contribution >= 4 is 0 Å². The van der Waals surface area contributed by atoms with Crippen LogP contribution in [-0.2, 0) is 4.74 Å². The van der Waals surface area contributed by atoms with Crippen molar-refractivity contribution < 1.29 is 9.13 Å². The third-order valence-corrected chi connectivity index (χ3v) is 2.68. The van der Waals surface area contributed by atoms with Gasteiger partial charge in [-0.05, 0) is 18.8 Å². The highest BCUT2D eigenvalue weighted by molar-refractivity contribution is 5.18. The van der Waals surface area contributed by atoms with Crippen molar-refractivity contribution in [1.29, 1.82) is 0 Å². The lowest BCUT2D eigenvalue weighted by molar-refractivity contribution is 0.124. The van der Waals surface area contributed by atoms with Crippen molar-refractivity contribution in [2.45, 2.75) is 32.4 Å². The zero-order valence-electron chi connectivity index (χ0n) is 8.35. The van der Waals surface area contributed by atoms with Gasteiger partial charge in [0.1, 0.15) is 5.67 Å². The Kier molecular flexibility index (Phi) is 3.31. The highest BCUT2D eigenvalue weighted by Crippen LogP contribution is 2.33. The van der Waals surface area contributed by atoms with Gasteiger partial charge in [0.05, 0.1) is 12.9 Å². The number of alkyl halides is 1. The molecule has 1 aliphatic heterocycles. The molecular weight excluding hydrogens is 169 g/mol. The maximum atomic E-state index is 14.3. The molecule has 2 nitrogen and oxygen atoms in total. The van der Waals surface area contributed by atoms with Crippen LogP contribution in [0.1, 0.15) is 26.7 Å². The largest absolute Gasteiger partial charge is 0.501 e. The molecule has 0 radical (unpaired) electrons. The van der Waals surface area contributed by atoms with E-state index in [1.54, 1.807) is 6.26 Å². The third-order valence-electron chi connectivity index (χ3n) is 2.68. The second kappa shape index (κ2) is 4.09. The van der Waals surface area contributed by atoms with E-state index < -0.39 is 5.67 Å². The lowest BCUT2D eigenvalue weighted by atomic mass is 9.83. The molecule has 0 spiro atoms. The van der Waals surface area contributed by atoms with Crippen LogP contribution in [0.2, 0.25) is 0 Å². The molecule has 1 atom stereocenters. The molecule has 76 valence electrons. The fourth-order valence-electron chi connectivity index (χ4n) is 1.61. The predicted octanol–water partition coefficient (Wildman–Crippen LogP) is 2.00. The van der Waals surface area contributed by atoms with Crippen molar-refractivity contribution in [3.8, 4) is 0 Å². The standard InChI is InChI=1S/C10H18FNO/c1-8(2)10(11,7-12)9-4-3-5-13-6-9/h6,8H,3-5,7,12H2,1-2H3. The number of hydrogen-bond donors (Lipinski definition) is 1. The first-order chi connectivity index (χ1) is 6.11. The molecule has 1 rings (SSSR count). The molecule has 1 aliphatic rings. The fraction of sp³-hybridized carbons (Fsp3) is 0.800. The molecule has 2 N–H and O–H groups in total. The van der Waals surface area contributed by atoms with Crippen LogP contribution in [-0.4, -0.2) is 18.8 Å². The van der Waals surface area contributed by atoms with Crippen LogP contribution in [0.4, 0.5) is 4.39 Å². The Balaban J connectivity index is 2.80. The maximum Gasteiger partial charge on any atom is 0.149 e. The van der Waals surface area contributed by atoms with Crippen molar-refractivity contribution in [2.75, 3.05) is 13.2 Å². The van der Waals surface area contributed by atoms with Gasteiger partial charge >= 0.3 is 0 Å². The summed E-state index contributed by atoms with van der Waals surface area (Å²) in [7, 11) is 0. The fourth-order valence-corrected chi connectivity index (χ4v) is 1.61. The van der Waals surface area contributed by atoms with Gasteiger partial charge in [-0.3, -0.25) is 0 Å². The van der Waals surface area contributed by atoms with E-state index in [1.165, 1.54) is 0 Å². The van der Waals surface area contributed by atoms with E-state index in [-0.39, 0.29) is 12.5 Å². The Labute approximate surface area is 78.9 Å². The number of hydrogen-bond acceptors (Lipinski definition) is 2. The molecule has 0 aromatic carbocycles. The molecule has 0 saturated heterocycles. The minimum absolute atomic E-state index is 0.0415. The highest BCUT2D eigenvalue weighted by atomic mass is 19.1. The van der Waals surface area contributed by atoms with Crippen molar-refractivity contribution in [1.82, 2.24) is 0 Å². The monoisotopic (exact) mass is 187 g/mol. The van der Waals surface area contributed by atoms with Gasteiger partial charge in [-0.15, -0.1) is 0 Å². The summed E-state index contributed by atoms with van der Waals surface area (Å²) in [6.07, 6.45) is 3.21. The normalized spacial score (nSPS) is 22.1. The molecule has 13 heavy (non-hydrogen) atoms. The van der Waals surface area contributed by atoms with Gasteiger partial charge in [-0.2, -0.15) is 0 Å². The van der Waals surface area contributed by atoms with E-state index in [0.717, 1.165) is 18.4 Å². The minimum Gasteiger partial charge on any atom is -0.501 e. The van der Waals surface area contributed by atoms with E-state index in [9.17, 15) is 4.39 Å². The molecule has 0 aromatic heterocycles. The number of rotatable bonds is 3. The van der Waals surface area contributed by atoms with E-state index in [0.29, 0.717) is 6.61 Å². The zero-order valence-corrected chi connectivity index (χ0v) is 8.35. The zero-order chi connectivity index (χ0) is 9.90. The third kappa shape index (κ3) is 2.02. The van der Waals surface area contributed by atoms with Crippen LogP contribution in [0.25, 0.3) is 0 Å². The summed E-state index contributed by atoms with van der Waals surface area (Å²) in [6.45, 7) is 4.44. The van der Waals surface area contributed by atoms with Gasteiger partial charge in [0, 0.05) is 12.1 Å². The van der Waals surface area contributed by atoms with E-state index in [1.807, 2.05) is 13.8 Å². The van der Waals surface area contributed by atoms with Gasteiger partial charge in [-0.1, -0.05) is 13.8 Å². The summed E-state index contributed by atoms with van der Waals surface area (Å²) in [5.41, 5.74) is 4.81. The van der Waals surface area contributed by atoms with Crippen LogP contribution >= 0.6 is 0 Å². The first-order valence-corrected chi connectivity index (χ1v) is 4.81. The Bertz CT molecular complexity index is 203.